The molecule has 10 nitrogen and oxygen atoms in total. The van der Waals surface area contributed by atoms with Gasteiger partial charge in [0, 0.05) is 58.2 Å². The third kappa shape index (κ3) is 4.27. The van der Waals surface area contributed by atoms with Crippen molar-refractivity contribution >= 4 is 15.9 Å². The van der Waals surface area contributed by atoms with E-state index in [1.54, 1.807) is 23.4 Å². The highest BCUT2D eigenvalue weighted by atomic mass is 32.2. The summed E-state index contributed by atoms with van der Waals surface area (Å²) in [6.07, 6.45) is 5.63. The first-order valence-corrected chi connectivity index (χ1v) is 11.8. The van der Waals surface area contributed by atoms with Gasteiger partial charge in [0.15, 0.2) is 10.9 Å². The molecule has 0 bridgehead atoms. The number of hydrogen-bond donors (Lipinski definition) is 0. The zero-order chi connectivity index (χ0) is 21.5. The molecule has 0 radical (unpaired) electrons. The molecule has 1 atom stereocenters. The van der Waals surface area contributed by atoms with Crippen molar-refractivity contribution in [3.63, 3.8) is 0 Å². The maximum atomic E-state index is 13.1. The molecule has 4 rings (SSSR count). The molecule has 1 amide bonds. The molecule has 1 saturated carbocycles. The molecule has 30 heavy (non-hydrogen) atoms. The Morgan fingerprint density at radius 3 is 2.70 bits per heavy atom. The van der Waals surface area contributed by atoms with Crippen LogP contribution in [0.4, 0.5) is 0 Å². The zero-order valence-corrected chi connectivity index (χ0v) is 18.4. The summed E-state index contributed by atoms with van der Waals surface area (Å²) in [6, 6.07) is -0.189. The average Bonchev–Trinajstić information content (AvgIpc) is 3.35. The first-order chi connectivity index (χ1) is 14.3. The number of carbonyl (C=O) groups is 1. The van der Waals surface area contributed by atoms with Gasteiger partial charge in [0.1, 0.15) is 5.82 Å². The summed E-state index contributed by atoms with van der Waals surface area (Å²) < 4.78 is 34.5. The smallest absolute Gasteiger partial charge is 0.262 e. The minimum Gasteiger partial charge on any atom is -0.339 e. The van der Waals surface area contributed by atoms with E-state index >= 15 is 0 Å². The van der Waals surface area contributed by atoms with E-state index in [2.05, 4.69) is 15.1 Å². The Kier molecular flexibility index (Phi) is 5.67. The van der Waals surface area contributed by atoms with Crippen LogP contribution in [0.3, 0.4) is 0 Å². The van der Waals surface area contributed by atoms with E-state index in [-0.39, 0.29) is 23.5 Å². The molecule has 2 aliphatic rings. The summed E-state index contributed by atoms with van der Waals surface area (Å²) in [5, 5.41) is 4.07. The van der Waals surface area contributed by atoms with Crippen LogP contribution in [0, 0.1) is 6.92 Å². The Hall–Kier alpha value is -2.27. The Bertz CT molecular complexity index is 1010. The fourth-order valence-electron chi connectivity index (χ4n) is 3.86. The van der Waals surface area contributed by atoms with Crippen LogP contribution in [-0.2, 0) is 28.3 Å². The van der Waals surface area contributed by atoms with E-state index < -0.39 is 10.0 Å². The van der Waals surface area contributed by atoms with E-state index in [0.29, 0.717) is 49.4 Å². The monoisotopic (exact) mass is 436 g/mol. The van der Waals surface area contributed by atoms with Gasteiger partial charge in [0.2, 0.25) is 11.8 Å². The quantitative estimate of drug-likeness (QED) is 0.641. The lowest BCUT2D eigenvalue weighted by molar-refractivity contribution is -0.131. The Morgan fingerprint density at radius 2 is 2.07 bits per heavy atom. The van der Waals surface area contributed by atoms with Gasteiger partial charge in [-0.3, -0.25) is 4.79 Å². The van der Waals surface area contributed by atoms with Crippen LogP contribution in [0.5, 0.6) is 0 Å². The van der Waals surface area contributed by atoms with Crippen LogP contribution in [0.25, 0.3) is 0 Å². The Morgan fingerprint density at radius 1 is 1.30 bits per heavy atom. The third-order valence-corrected chi connectivity index (χ3v) is 7.62. The van der Waals surface area contributed by atoms with Gasteiger partial charge in [0.25, 0.3) is 10.0 Å². The summed E-state index contributed by atoms with van der Waals surface area (Å²) in [4.78, 5) is 22.7. The summed E-state index contributed by atoms with van der Waals surface area (Å²) in [5.41, 5.74) is 0. The second-order valence-corrected chi connectivity index (χ2v) is 10.1. The standard InChI is InChI=1S/C19H28N6O4S/c1-13-20-18(12-23(13)3)30(27,28)24-9-4-5-16(11-24)25(14(2)26)10-8-17-21-19(29-22-17)15-6-7-15/h12,15-16H,4-11H2,1-3H3. The van der Waals surface area contributed by atoms with Gasteiger partial charge in [-0.25, -0.2) is 13.4 Å². The van der Waals surface area contributed by atoms with Crippen LogP contribution >= 0.6 is 0 Å². The molecule has 164 valence electrons. The number of hydrogen-bond acceptors (Lipinski definition) is 7. The number of amides is 1. The third-order valence-electron chi connectivity index (χ3n) is 5.88. The normalized spacial score (nSPS) is 20.4. The van der Waals surface area contributed by atoms with Crippen molar-refractivity contribution in [1.29, 1.82) is 0 Å². The summed E-state index contributed by atoms with van der Waals surface area (Å²) in [5.74, 6) is 2.21. The molecule has 2 aromatic heterocycles. The molecular formula is C19H28N6O4S. The minimum absolute atomic E-state index is 0.0527. The van der Waals surface area contributed by atoms with Crippen molar-refractivity contribution in [3.8, 4) is 0 Å². The Labute approximate surface area is 176 Å². The van der Waals surface area contributed by atoms with Crippen LogP contribution in [0.15, 0.2) is 15.7 Å². The van der Waals surface area contributed by atoms with Crippen LogP contribution in [0.1, 0.15) is 56.1 Å². The van der Waals surface area contributed by atoms with Crippen molar-refractivity contribution in [2.24, 2.45) is 7.05 Å². The topological polar surface area (TPSA) is 114 Å². The first-order valence-electron chi connectivity index (χ1n) is 10.4. The molecule has 1 aliphatic heterocycles. The number of carbonyl (C=O) groups excluding carboxylic acids is 1. The van der Waals surface area contributed by atoms with Crippen LogP contribution in [-0.4, -0.2) is 68.9 Å². The van der Waals surface area contributed by atoms with Crippen molar-refractivity contribution in [3.05, 3.63) is 23.7 Å². The Balaban J connectivity index is 1.44. The maximum absolute atomic E-state index is 13.1. The molecule has 3 heterocycles. The molecule has 2 aromatic rings. The lowest BCUT2D eigenvalue weighted by Gasteiger charge is -2.38. The van der Waals surface area contributed by atoms with E-state index in [1.807, 2.05) is 0 Å². The SMILES string of the molecule is CC(=O)N(CCc1noc(C2CC2)n1)C1CCCN(S(=O)(=O)c2cn(C)c(C)n2)C1. The molecule has 1 saturated heterocycles. The fraction of sp³-hybridized carbons (Fsp3) is 0.684. The number of piperidine rings is 1. The van der Waals surface area contributed by atoms with E-state index in [1.165, 1.54) is 17.4 Å². The highest BCUT2D eigenvalue weighted by Crippen LogP contribution is 2.38. The average molecular weight is 437 g/mol. The number of nitrogens with zero attached hydrogens (tertiary/aromatic N) is 6. The number of aromatic nitrogens is 4. The lowest BCUT2D eigenvalue weighted by Crippen LogP contribution is -2.51. The predicted molar refractivity (Wildman–Crippen MR) is 107 cm³/mol. The number of sulfonamides is 1. The summed E-state index contributed by atoms with van der Waals surface area (Å²) >= 11 is 0. The highest BCUT2D eigenvalue weighted by Gasteiger charge is 2.35. The van der Waals surface area contributed by atoms with E-state index in [4.69, 9.17) is 4.52 Å². The number of rotatable bonds is 7. The second-order valence-electron chi connectivity index (χ2n) is 8.18. The highest BCUT2D eigenvalue weighted by molar-refractivity contribution is 7.89. The summed E-state index contributed by atoms with van der Waals surface area (Å²) in [6.45, 7) is 4.40. The first kappa shape index (κ1) is 21.0. The van der Waals surface area contributed by atoms with Gasteiger partial charge in [-0.2, -0.15) is 9.29 Å². The van der Waals surface area contributed by atoms with Crippen LogP contribution in [0.2, 0.25) is 0 Å². The molecular weight excluding hydrogens is 408 g/mol. The van der Waals surface area contributed by atoms with Gasteiger partial charge >= 0.3 is 0 Å². The van der Waals surface area contributed by atoms with Gasteiger partial charge in [-0.15, -0.1) is 0 Å². The fourth-order valence-corrected chi connectivity index (χ4v) is 5.40. The number of aryl methyl sites for hydroxylation is 2. The maximum Gasteiger partial charge on any atom is 0.262 e. The van der Waals surface area contributed by atoms with Crippen LogP contribution < -0.4 is 0 Å². The van der Waals surface area contributed by atoms with Crippen molar-refractivity contribution < 1.29 is 17.7 Å². The van der Waals surface area contributed by atoms with Gasteiger partial charge in [-0.05, 0) is 32.6 Å². The predicted octanol–water partition coefficient (Wildman–Crippen LogP) is 1.23. The van der Waals surface area contributed by atoms with E-state index in [0.717, 1.165) is 19.3 Å². The largest absolute Gasteiger partial charge is 0.339 e. The molecule has 0 N–H and O–H groups in total. The van der Waals surface area contributed by atoms with Gasteiger partial charge in [0.05, 0.1) is 0 Å². The second kappa shape index (κ2) is 8.10. The minimum atomic E-state index is -3.70. The van der Waals surface area contributed by atoms with Crippen molar-refractivity contribution in [2.75, 3.05) is 19.6 Å². The van der Waals surface area contributed by atoms with Crippen molar-refractivity contribution in [2.45, 2.75) is 62.9 Å². The lowest BCUT2D eigenvalue weighted by atomic mass is 10.1. The molecule has 11 heteroatoms. The van der Waals surface area contributed by atoms with Crippen molar-refractivity contribution in [1.82, 2.24) is 28.9 Å². The molecule has 1 aliphatic carbocycles. The molecule has 1 unspecified atom stereocenters. The molecule has 0 spiro atoms. The zero-order valence-electron chi connectivity index (χ0n) is 17.6. The summed E-state index contributed by atoms with van der Waals surface area (Å²) in [7, 11) is -1.93. The van der Waals surface area contributed by atoms with E-state index in [9.17, 15) is 13.2 Å². The molecule has 2 fully saturated rings. The number of imidazole rings is 1. The molecule has 0 aromatic carbocycles. The van der Waals surface area contributed by atoms with Gasteiger partial charge < -0.3 is 14.0 Å². The van der Waals surface area contributed by atoms with Gasteiger partial charge in [-0.1, -0.05) is 5.16 Å².